The van der Waals surface area contributed by atoms with Crippen LogP contribution in [0, 0.1) is 24.7 Å². The Kier molecular flexibility index (Phi) is 7.12. The Bertz CT molecular complexity index is 895. The van der Waals surface area contributed by atoms with E-state index in [9.17, 15) is 0 Å². The number of hydrogen-bond donors (Lipinski definition) is 0. The third-order valence-electron chi connectivity index (χ3n) is 6.25. The van der Waals surface area contributed by atoms with Gasteiger partial charge in [-0.15, -0.1) is 5.10 Å². The van der Waals surface area contributed by atoms with Gasteiger partial charge in [-0.3, -0.25) is 0 Å². The highest BCUT2D eigenvalue weighted by Crippen LogP contribution is 2.49. The van der Waals surface area contributed by atoms with E-state index in [1.807, 2.05) is 56.7 Å². The maximum atomic E-state index is 5.73. The van der Waals surface area contributed by atoms with Crippen LogP contribution < -0.4 is 4.90 Å². The third-order valence-corrected chi connectivity index (χ3v) is 6.25. The molecule has 0 bridgehead atoms. The zero-order valence-electron chi connectivity index (χ0n) is 18.5. The van der Waals surface area contributed by atoms with E-state index in [-0.39, 0.29) is 0 Å². The second-order valence-electron chi connectivity index (χ2n) is 8.47. The SMILES string of the molecule is C\C=C/C(=C\C=C\OCCC1CC1C1CCN(c2ncc(C)cn2)CC1)n1ccnn1. The van der Waals surface area contributed by atoms with Crippen LogP contribution in [0.3, 0.4) is 0 Å². The smallest absolute Gasteiger partial charge is 0.225 e. The van der Waals surface area contributed by atoms with E-state index in [4.69, 9.17) is 4.74 Å². The van der Waals surface area contributed by atoms with E-state index >= 15 is 0 Å². The molecule has 0 amide bonds. The first-order valence-electron chi connectivity index (χ1n) is 11.3. The second kappa shape index (κ2) is 10.4. The van der Waals surface area contributed by atoms with Crippen molar-refractivity contribution < 1.29 is 4.74 Å². The van der Waals surface area contributed by atoms with E-state index in [0.29, 0.717) is 0 Å². The first-order chi connectivity index (χ1) is 15.2. The summed E-state index contributed by atoms with van der Waals surface area (Å²) in [4.78, 5) is 11.3. The van der Waals surface area contributed by atoms with E-state index in [2.05, 4.69) is 25.2 Å². The van der Waals surface area contributed by atoms with Crippen LogP contribution >= 0.6 is 0 Å². The number of rotatable bonds is 9. The Balaban J connectivity index is 1.14. The lowest BCUT2D eigenvalue weighted by atomic mass is 9.90. The molecule has 164 valence electrons. The standard InChI is InChI=1S/C24H32N6O/c1-3-5-22(30-13-10-27-28-30)6-4-14-31-15-9-21-16-23(21)20-7-11-29(12-8-20)24-25-17-19(2)18-26-24/h3-6,10,13-14,17-18,20-21,23H,7-9,11-12,15-16H2,1-2H3/b5-3-,14-4+,22-6+. The molecular formula is C24H32N6O. The second-order valence-corrected chi connectivity index (χ2v) is 8.47. The molecule has 7 heteroatoms. The van der Waals surface area contributed by atoms with Crippen molar-refractivity contribution in [3.63, 3.8) is 0 Å². The molecule has 2 unspecified atom stereocenters. The van der Waals surface area contributed by atoms with Gasteiger partial charge < -0.3 is 9.64 Å². The molecule has 3 heterocycles. The van der Waals surface area contributed by atoms with Gasteiger partial charge in [0, 0.05) is 25.5 Å². The molecule has 7 nitrogen and oxygen atoms in total. The van der Waals surface area contributed by atoms with Gasteiger partial charge in [0.2, 0.25) is 5.95 Å². The summed E-state index contributed by atoms with van der Waals surface area (Å²) in [5.41, 5.74) is 2.06. The Morgan fingerprint density at radius 2 is 2.03 bits per heavy atom. The summed E-state index contributed by atoms with van der Waals surface area (Å²) in [6.45, 7) is 6.94. The normalized spacial score (nSPS) is 22.5. The highest BCUT2D eigenvalue weighted by atomic mass is 16.5. The van der Waals surface area contributed by atoms with Crippen LogP contribution in [0.15, 0.2) is 55.4 Å². The molecule has 1 aliphatic heterocycles. The highest BCUT2D eigenvalue weighted by molar-refractivity contribution is 5.57. The van der Waals surface area contributed by atoms with Crippen molar-refractivity contribution in [2.45, 2.75) is 39.5 Å². The molecule has 2 aliphatic rings. The monoisotopic (exact) mass is 420 g/mol. The van der Waals surface area contributed by atoms with Gasteiger partial charge in [0.1, 0.15) is 0 Å². The van der Waals surface area contributed by atoms with E-state index < -0.39 is 0 Å². The summed E-state index contributed by atoms with van der Waals surface area (Å²) >= 11 is 0. The molecule has 4 rings (SSSR count). The number of piperidine rings is 1. The van der Waals surface area contributed by atoms with Crippen LogP contribution in [-0.4, -0.2) is 44.7 Å². The minimum atomic E-state index is 0.782. The zero-order chi connectivity index (χ0) is 21.5. The number of aryl methyl sites for hydroxylation is 1. The average Bonchev–Trinajstić information content (AvgIpc) is 3.35. The van der Waals surface area contributed by atoms with Gasteiger partial charge in [-0.2, -0.15) is 0 Å². The van der Waals surface area contributed by atoms with Gasteiger partial charge in [0.05, 0.1) is 31.0 Å². The van der Waals surface area contributed by atoms with E-state index in [0.717, 1.165) is 61.1 Å². The van der Waals surface area contributed by atoms with Gasteiger partial charge in [0.15, 0.2) is 0 Å². The van der Waals surface area contributed by atoms with Gasteiger partial charge >= 0.3 is 0 Å². The summed E-state index contributed by atoms with van der Waals surface area (Å²) < 4.78 is 7.46. The number of aromatic nitrogens is 5. The lowest BCUT2D eigenvalue weighted by molar-refractivity contribution is 0.230. The molecule has 2 aromatic rings. The summed E-state index contributed by atoms with van der Waals surface area (Å²) in [5, 5.41) is 7.87. The Morgan fingerprint density at radius 3 is 2.74 bits per heavy atom. The fourth-order valence-electron chi connectivity index (χ4n) is 4.46. The van der Waals surface area contributed by atoms with Crippen LogP contribution in [-0.2, 0) is 4.74 Å². The van der Waals surface area contributed by atoms with Crippen molar-refractivity contribution in [3.8, 4) is 0 Å². The lowest BCUT2D eigenvalue weighted by Gasteiger charge is -2.32. The number of ether oxygens (including phenoxy) is 1. The van der Waals surface area contributed by atoms with Gasteiger partial charge in [0.25, 0.3) is 0 Å². The molecule has 1 aliphatic carbocycles. The summed E-state index contributed by atoms with van der Waals surface area (Å²) in [6.07, 6.45) is 22.0. The maximum Gasteiger partial charge on any atom is 0.225 e. The first kappa shape index (κ1) is 21.3. The van der Waals surface area contributed by atoms with Crippen LogP contribution in [0.4, 0.5) is 5.95 Å². The van der Waals surface area contributed by atoms with Crippen molar-refractivity contribution in [3.05, 3.63) is 60.9 Å². The number of anilines is 1. The molecule has 2 aromatic heterocycles. The largest absolute Gasteiger partial charge is 0.501 e. The van der Waals surface area contributed by atoms with Gasteiger partial charge in [-0.05, 0) is 81.1 Å². The predicted octanol–water partition coefficient (Wildman–Crippen LogP) is 4.27. The van der Waals surface area contributed by atoms with Crippen LogP contribution in [0.25, 0.3) is 5.70 Å². The quantitative estimate of drug-likeness (QED) is 0.343. The molecule has 0 aromatic carbocycles. The van der Waals surface area contributed by atoms with Crippen LogP contribution in [0.1, 0.15) is 38.2 Å². The number of hydrogen-bond acceptors (Lipinski definition) is 6. The fourth-order valence-corrected chi connectivity index (χ4v) is 4.46. The minimum absolute atomic E-state index is 0.782. The maximum absolute atomic E-state index is 5.73. The van der Waals surface area contributed by atoms with Gasteiger partial charge in [-0.25, -0.2) is 14.6 Å². The molecule has 0 N–H and O–H groups in total. The molecular weight excluding hydrogens is 388 g/mol. The van der Waals surface area contributed by atoms with Crippen molar-refractivity contribution in [2.24, 2.45) is 17.8 Å². The predicted molar refractivity (Wildman–Crippen MR) is 122 cm³/mol. The topological polar surface area (TPSA) is 69.0 Å². The average molecular weight is 421 g/mol. The Hall–Kier alpha value is -2.96. The molecule has 1 saturated heterocycles. The number of allylic oxidation sites excluding steroid dienone is 5. The Morgan fingerprint density at radius 1 is 1.23 bits per heavy atom. The highest BCUT2D eigenvalue weighted by Gasteiger charge is 2.43. The summed E-state index contributed by atoms with van der Waals surface area (Å²) in [6, 6.07) is 0. The lowest BCUT2D eigenvalue weighted by Crippen LogP contribution is -2.35. The van der Waals surface area contributed by atoms with Crippen molar-refractivity contribution >= 4 is 11.6 Å². The van der Waals surface area contributed by atoms with Gasteiger partial charge in [-0.1, -0.05) is 11.3 Å². The van der Waals surface area contributed by atoms with E-state index in [1.165, 1.54) is 19.3 Å². The molecule has 0 spiro atoms. The van der Waals surface area contributed by atoms with Crippen molar-refractivity contribution in [1.82, 2.24) is 25.0 Å². The first-order valence-corrected chi connectivity index (χ1v) is 11.3. The zero-order valence-corrected chi connectivity index (χ0v) is 18.5. The van der Waals surface area contributed by atoms with Crippen LogP contribution in [0.5, 0.6) is 0 Å². The summed E-state index contributed by atoms with van der Waals surface area (Å²) in [7, 11) is 0. The molecule has 2 fully saturated rings. The fraction of sp³-hybridized carbons (Fsp3) is 0.500. The molecule has 1 saturated carbocycles. The molecule has 2 atom stereocenters. The number of nitrogens with zero attached hydrogens (tertiary/aromatic N) is 6. The van der Waals surface area contributed by atoms with E-state index in [1.54, 1.807) is 17.1 Å². The minimum Gasteiger partial charge on any atom is -0.501 e. The van der Waals surface area contributed by atoms with Crippen molar-refractivity contribution in [1.29, 1.82) is 0 Å². The molecule has 31 heavy (non-hydrogen) atoms. The summed E-state index contributed by atoms with van der Waals surface area (Å²) in [5.74, 6) is 3.43. The van der Waals surface area contributed by atoms with Crippen molar-refractivity contribution in [2.75, 3.05) is 24.6 Å². The Labute approximate surface area is 184 Å². The molecule has 0 radical (unpaired) electrons. The van der Waals surface area contributed by atoms with Crippen LogP contribution in [0.2, 0.25) is 0 Å². The third kappa shape index (κ3) is 5.81.